The maximum Gasteiger partial charge on any atom is 0.152 e. The molecule has 58 valence electrons. The first-order valence-corrected chi connectivity index (χ1v) is 3.49. The average Bonchev–Trinajstić information content (AvgIpc) is 2.31. The van der Waals surface area contributed by atoms with Crippen LogP contribution in [0, 0.1) is 0 Å². The highest BCUT2D eigenvalue weighted by atomic mass is 16.1. The van der Waals surface area contributed by atoms with Crippen LogP contribution in [0.25, 0.3) is 6.08 Å². The van der Waals surface area contributed by atoms with E-state index in [9.17, 15) is 4.79 Å². The van der Waals surface area contributed by atoms with E-state index >= 15 is 0 Å². The molecule has 1 aromatic heterocycles. The summed E-state index contributed by atoms with van der Waals surface area (Å²) in [5.41, 5.74) is 1.06. The number of carbonyl (C=O) groups is 1. The minimum Gasteiger partial charge on any atom is -0.357 e. The maximum atomic E-state index is 10.5. The van der Waals surface area contributed by atoms with E-state index in [0.717, 1.165) is 5.56 Å². The van der Waals surface area contributed by atoms with E-state index in [1.807, 2.05) is 36.2 Å². The first kappa shape index (κ1) is 7.79. The summed E-state index contributed by atoms with van der Waals surface area (Å²) in [6, 6.07) is 1.96. The van der Waals surface area contributed by atoms with Gasteiger partial charge in [-0.1, -0.05) is 0 Å². The summed E-state index contributed by atoms with van der Waals surface area (Å²) in [6.07, 6.45) is 7.27. The molecular formula is C9H11NO. The van der Waals surface area contributed by atoms with Crippen LogP contribution in [0.1, 0.15) is 12.5 Å². The van der Waals surface area contributed by atoms with Crippen molar-refractivity contribution in [2.45, 2.75) is 6.92 Å². The summed E-state index contributed by atoms with van der Waals surface area (Å²) in [5.74, 6) is 0.0776. The van der Waals surface area contributed by atoms with E-state index in [0.29, 0.717) is 0 Å². The molecular weight excluding hydrogens is 138 g/mol. The van der Waals surface area contributed by atoms with Gasteiger partial charge in [-0.25, -0.2) is 0 Å². The number of ketones is 1. The maximum absolute atomic E-state index is 10.5. The summed E-state index contributed by atoms with van der Waals surface area (Å²) in [7, 11) is 1.95. The first-order chi connectivity index (χ1) is 5.18. The topological polar surface area (TPSA) is 22.0 Å². The zero-order valence-electron chi connectivity index (χ0n) is 6.74. The fourth-order valence-corrected chi connectivity index (χ4v) is 0.837. The molecule has 0 fully saturated rings. The molecule has 2 nitrogen and oxygen atoms in total. The summed E-state index contributed by atoms with van der Waals surface area (Å²) in [4.78, 5) is 10.5. The number of carbonyl (C=O) groups excluding carboxylic acids is 1. The van der Waals surface area contributed by atoms with Crippen molar-refractivity contribution < 1.29 is 4.79 Å². The number of rotatable bonds is 2. The molecule has 0 atom stereocenters. The lowest BCUT2D eigenvalue weighted by atomic mass is 10.3. The molecule has 0 aliphatic rings. The van der Waals surface area contributed by atoms with Gasteiger partial charge in [0.05, 0.1) is 0 Å². The Bertz CT molecular complexity index is 284. The number of hydrogen-bond acceptors (Lipinski definition) is 1. The Morgan fingerprint density at radius 1 is 1.64 bits per heavy atom. The molecule has 11 heavy (non-hydrogen) atoms. The minimum absolute atomic E-state index is 0.0776. The number of aromatic nitrogens is 1. The lowest BCUT2D eigenvalue weighted by Gasteiger charge is -1.83. The van der Waals surface area contributed by atoms with Gasteiger partial charge in [0, 0.05) is 19.4 Å². The predicted octanol–water partition coefficient (Wildman–Crippen LogP) is 1.63. The van der Waals surface area contributed by atoms with Crippen LogP contribution in [-0.4, -0.2) is 10.4 Å². The van der Waals surface area contributed by atoms with E-state index in [2.05, 4.69) is 0 Å². The van der Waals surface area contributed by atoms with Gasteiger partial charge in [-0.3, -0.25) is 4.79 Å². The summed E-state index contributed by atoms with van der Waals surface area (Å²) in [6.45, 7) is 1.54. The molecule has 0 saturated carbocycles. The number of aryl methyl sites for hydroxylation is 1. The quantitative estimate of drug-likeness (QED) is 0.586. The molecule has 1 aromatic rings. The second-order valence-electron chi connectivity index (χ2n) is 2.55. The molecule has 0 bridgehead atoms. The van der Waals surface area contributed by atoms with Crippen LogP contribution in [0.4, 0.5) is 0 Å². The largest absolute Gasteiger partial charge is 0.357 e. The van der Waals surface area contributed by atoms with E-state index in [4.69, 9.17) is 0 Å². The number of allylic oxidation sites excluding steroid dienone is 1. The van der Waals surface area contributed by atoms with Gasteiger partial charge < -0.3 is 4.57 Å². The highest BCUT2D eigenvalue weighted by Gasteiger charge is 1.88. The highest BCUT2D eigenvalue weighted by molar-refractivity contribution is 5.91. The molecule has 0 saturated heterocycles. The standard InChI is InChI=1S/C9H11NO/c1-8(11)3-4-9-5-6-10(2)7-9/h3-7H,1-2H3. The third kappa shape index (κ3) is 2.42. The normalized spacial score (nSPS) is 10.7. The van der Waals surface area contributed by atoms with Crippen LogP contribution in [0.5, 0.6) is 0 Å². The summed E-state index contributed by atoms with van der Waals surface area (Å²) < 4.78 is 1.94. The first-order valence-electron chi connectivity index (χ1n) is 3.49. The Labute approximate surface area is 66.1 Å². The van der Waals surface area contributed by atoms with Gasteiger partial charge in [0.25, 0.3) is 0 Å². The third-order valence-corrected chi connectivity index (χ3v) is 1.37. The Morgan fingerprint density at radius 2 is 2.36 bits per heavy atom. The lowest BCUT2D eigenvalue weighted by Crippen LogP contribution is -1.79. The van der Waals surface area contributed by atoms with Crippen molar-refractivity contribution in [3.05, 3.63) is 30.1 Å². The van der Waals surface area contributed by atoms with E-state index in [1.165, 1.54) is 0 Å². The van der Waals surface area contributed by atoms with Gasteiger partial charge in [0.1, 0.15) is 0 Å². The van der Waals surface area contributed by atoms with Crippen molar-refractivity contribution in [3.63, 3.8) is 0 Å². The van der Waals surface area contributed by atoms with Gasteiger partial charge in [-0.15, -0.1) is 0 Å². The average molecular weight is 149 g/mol. The van der Waals surface area contributed by atoms with Crippen LogP contribution in [0.15, 0.2) is 24.5 Å². The van der Waals surface area contributed by atoms with E-state index < -0.39 is 0 Å². The Kier molecular flexibility index (Phi) is 2.26. The Hall–Kier alpha value is -1.31. The molecule has 0 unspecified atom stereocenters. The molecule has 1 rings (SSSR count). The van der Waals surface area contributed by atoms with Crippen LogP contribution < -0.4 is 0 Å². The van der Waals surface area contributed by atoms with E-state index in [-0.39, 0.29) is 5.78 Å². The molecule has 0 radical (unpaired) electrons. The molecule has 1 heterocycles. The number of hydrogen-bond donors (Lipinski definition) is 0. The fraction of sp³-hybridized carbons (Fsp3) is 0.222. The zero-order chi connectivity index (χ0) is 8.27. The second kappa shape index (κ2) is 3.19. The van der Waals surface area contributed by atoms with Gasteiger partial charge in [0.15, 0.2) is 5.78 Å². The van der Waals surface area contributed by atoms with Crippen molar-refractivity contribution >= 4 is 11.9 Å². The van der Waals surface area contributed by atoms with Crippen molar-refractivity contribution in [2.24, 2.45) is 7.05 Å². The summed E-state index contributed by atoms with van der Waals surface area (Å²) >= 11 is 0. The molecule has 0 spiro atoms. The predicted molar refractivity (Wildman–Crippen MR) is 45.1 cm³/mol. The van der Waals surface area contributed by atoms with Crippen molar-refractivity contribution in [2.75, 3.05) is 0 Å². The van der Waals surface area contributed by atoms with Crippen LogP contribution in [0.3, 0.4) is 0 Å². The number of nitrogens with zero attached hydrogens (tertiary/aromatic N) is 1. The van der Waals surface area contributed by atoms with Gasteiger partial charge in [0.2, 0.25) is 0 Å². The second-order valence-corrected chi connectivity index (χ2v) is 2.55. The van der Waals surface area contributed by atoms with Gasteiger partial charge in [-0.2, -0.15) is 0 Å². The lowest BCUT2D eigenvalue weighted by molar-refractivity contribution is -0.112. The molecule has 0 aliphatic heterocycles. The Morgan fingerprint density at radius 3 is 2.82 bits per heavy atom. The van der Waals surface area contributed by atoms with Crippen molar-refractivity contribution in [1.29, 1.82) is 0 Å². The van der Waals surface area contributed by atoms with Crippen molar-refractivity contribution in [3.8, 4) is 0 Å². The fourth-order valence-electron chi connectivity index (χ4n) is 0.837. The molecule has 0 amide bonds. The van der Waals surface area contributed by atoms with Crippen LogP contribution in [-0.2, 0) is 11.8 Å². The monoisotopic (exact) mass is 149 g/mol. The molecule has 2 heteroatoms. The smallest absolute Gasteiger partial charge is 0.152 e. The molecule has 0 aliphatic carbocycles. The third-order valence-electron chi connectivity index (χ3n) is 1.37. The van der Waals surface area contributed by atoms with Crippen LogP contribution in [0.2, 0.25) is 0 Å². The van der Waals surface area contributed by atoms with Crippen LogP contribution >= 0.6 is 0 Å². The highest BCUT2D eigenvalue weighted by Crippen LogP contribution is 2.01. The Balaban J connectivity index is 2.71. The molecule has 0 N–H and O–H groups in total. The minimum atomic E-state index is 0.0776. The SMILES string of the molecule is CC(=O)C=Cc1ccn(C)c1. The van der Waals surface area contributed by atoms with Crippen molar-refractivity contribution in [1.82, 2.24) is 4.57 Å². The zero-order valence-corrected chi connectivity index (χ0v) is 6.74. The van der Waals surface area contributed by atoms with E-state index in [1.54, 1.807) is 13.0 Å². The van der Waals surface area contributed by atoms with Gasteiger partial charge in [-0.05, 0) is 30.7 Å². The molecule has 0 aromatic carbocycles. The summed E-state index contributed by atoms with van der Waals surface area (Å²) in [5, 5.41) is 0. The van der Waals surface area contributed by atoms with Gasteiger partial charge >= 0.3 is 0 Å².